The molecule has 0 aliphatic heterocycles. The third-order valence-electron chi connectivity index (χ3n) is 2.97. The lowest BCUT2D eigenvalue weighted by molar-refractivity contribution is 0.253. The van der Waals surface area contributed by atoms with Crippen LogP contribution in [0.5, 0.6) is 0 Å². The van der Waals surface area contributed by atoms with E-state index >= 15 is 0 Å². The maximum absolute atomic E-state index is 8.80. The van der Waals surface area contributed by atoms with Gasteiger partial charge in [0.25, 0.3) is 0 Å². The molecule has 1 saturated carbocycles. The van der Waals surface area contributed by atoms with Crippen molar-refractivity contribution in [3.05, 3.63) is 0 Å². The largest absolute Gasteiger partial charge is 0.314 e. The molecule has 1 rings (SSSR count). The lowest BCUT2D eigenvalue weighted by Crippen LogP contribution is -2.36. The van der Waals surface area contributed by atoms with Gasteiger partial charge in [0.2, 0.25) is 0 Å². The summed E-state index contributed by atoms with van der Waals surface area (Å²) < 4.78 is 0. The van der Waals surface area contributed by atoms with Crippen LogP contribution >= 0.6 is 0 Å². The average Bonchev–Trinajstić information content (AvgIpc) is 3.00. The second-order valence-electron chi connectivity index (χ2n) is 4.90. The topological polar surface area (TPSA) is 53.0 Å². The van der Waals surface area contributed by atoms with Crippen LogP contribution in [0.25, 0.3) is 0 Å². The van der Waals surface area contributed by atoms with Crippen LogP contribution < -0.4 is 5.73 Å². The molecule has 3 heteroatoms. The first kappa shape index (κ1) is 12.5. The Morgan fingerprint density at radius 2 is 2.13 bits per heavy atom. The van der Waals surface area contributed by atoms with Gasteiger partial charge in [-0.2, -0.15) is 5.26 Å². The van der Waals surface area contributed by atoms with Crippen LogP contribution in [0.3, 0.4) is 0 Å². The van der Waals surface area contributed by atoms with Crippen molar-refractivity contribution in [2.24, 2.45) is 5.73 Å². The Bertz CT molecular complexity index is 226. The Balaban J connectivity index is 2.19. The monoisotopic (exact) mass is 209 g/mol. The van der Waals surface area contributed by atoms with Crippen LogP contribution in [0.15, 0.2) is 0 Å². The van der Waals surface area contributed by atoms with Crippen LogP contribution in [0.2, 0.25) is 0 Å². The molecule has 0 saturated heterocycles. The molecule has 2 N–H and O–H groups in total. The van der Waals surface area contributed by atoms with E-state index in [1.807, 2.05) is 6.92 Å². The maximum Gasteiger partial charge on any atom is 0.101 e. The molecule has 0 amide bonds. The normalized spacial score (nSPS) is 19.9. The van der Waals surface area contributed by atoms with Crippen molar-refractivity contribution < 1.29 is 0 Å². The van der Waals surface area contributed by atoms with Gasteiger partial charge in [-0.15, -0.1) is 0 Å². The van der Waals surface area contributed by atoms with E-state index in [1.165, 1.54) is 25.8 Å². The highest BCUT2D eigenvalue weighted by Crippen LogP contribution is 2.27. The predicted molar refractivity (Wildman–Crippen MR) is 62.3 cm³/mol. The molecule has 0 radical (unpaired) electrons. The zero-order chi connectivity index (χ0) is 11.3. The van der Waals surface area contributed by atoms with Crippen LogP contribution in [0.1, 0.15) is 46.0 Å². The van der Waals surface area contributed by atoms with Gasteiger partial charge in [-0.05, 0) is 52.1 Å². The summed E-state index contributed by atoms with van der Waals surface area (Å²) in [7, 11) is 0. The molecule has 0 bridgehead atoms. The van der Waals surface area contributed by atoms with Gasteiger partial charge in [0.15, 0.2) is 0 Å². The van der Waals surface area contributed by atoms with Crippen molar-refractivity contribution in [1.29, 1.82) is 5.26 Å². The van der Waals surface area contributed by atoms with E-state index in [1.54, 1.807) is 0 Å². The summed E-state index contributed by atoms with van der Waals surface area (Å²) in [6.07, 6.45) is 5.78. The van der Waals surface area contributed by atoms with Gasteiger partial charge in [-0.25, -0.2) is 0 Å². The molecule has 0 aromatic heterocycles. The Morgan fingerprint density at radius 1 is 1.47 bits per heavy atom. The van der Waals surface area contributed by atoms with E-state index in [4.69, 9.17) is 11.0 Å². The second-order valence-corrected chi connectivity index (χ2v) is 4.90. The first-order valence-electron chi connectivity index (χ1n) is 6.03. The molecule has 1 aliphatic rings. The standard InChI is InChI=1S/C12H23N3/c1-3-8-15(11-5-6-11)9-4-7-12(2,14)10-13/h11H,3-9,14H2,1-2H3. The first-order valence-corrected chi connectivity index (χ1v) is 6.03. The van der Waals surface area contributed by atoms with Crippen molar-refractivity contribution in [1.82, 2.24) is 4.90 Å². The number of rotatable bonds is 7. The zero-order valence-electron chi connectivity index (χ0n) is 10.00. The van der Waals surface area contributed by atoms with Crippen LogP contribution in [0, 0.1) is 11.3 Å². The third kappa shape index (κ3) is 4.63. The molecule has 0 spiro atoms. The molecule has 3 nitrogen and oxygen atoms in total. The molecule has 15 heavy (non-hydrogen) atoms. The molecule has 1 fully saturated rings. The Labute approximate surface area is 93.2 Å². The summed E-state index contributed by atoms with van der Waals surface area (Å²) in [6.45, 7) is 6.33. The smallest absolute Gasteiger partial charge is 0.101 e. The number of nitrogens with zero attached hydrogens (tertiary/aromatic N) is 2. The van der Waals surface area contributed by atoms with E-state index in [0.717, 1.165) is 25.4 Å². The number of nitriles is 1. The van der Waals surface area contributed by atoms with Crippen molar-refractivity contribution >= 4 is 0 Å². The summed E-state index contributed by atoms with van der Waals surface area (Å²) >= 11 is 0. The fourth-order valence-corrected chi connectivity index (χ4v) is 1.91. The highest BCUT2D eigenvalue weighted by Gasteiger charge is 2.28. The molecule has 1 unspecified atom stereocenters. The molecule has 0 aromatic carbocycles. The van der Waals surface area contributed by atoms with Gasteiger partial charge in [0.05, 0.1) is 6.07 Å². The van der Waals surface area contributed by atoms with Gasteiger partial charge in [-0.3, -0.25) is 0 Å². The minimum atomic E-state index is -0.637. The molecule has 86 valence electrons. The Hall–Kier alpha value is -0.590. The summed E-state index contributed by atoms with van der Waals surface area (Å²) in [5, 5.41) is 8.80. The van der Waals surface area contributed by atoms with E-state index in [2.05, 4.69) is 17.9 Å². The molecule has 0 aromatic rings. The second kappa shape index (κ2) is 5.48. The van der Waals surface area contributed by atoms with E-state index in [0.29, 0.717) is 0 Å². The van der Waals surface area contributed by atoms with E-state index in [-0.39, 0.29) is 0 Å². The Kier molecular flexibility index (Phi) is 4.56. The summed E-state index contributed by atoms with van der Waals surface area (Å²) in [5.41, 5.74) is 5.15. The molecule has 1 aliphatic carbocycles. The van der Waals surface area contributed by atoms with Crippen molar-refractivity contribution in [2.45, 2.75) is 57.5 Å². The molecule has 1 atom stereocenters. The van der Waals surface area contributed by atoms with Crippen LogP contribution in [0.4, 0.5) is 0 Å². The summed E-state index contributed by atoms with van der Waals surface area (Å²) in [5.74, 6) is 0. The molecular weight excluding hydrogens is 186 g/mol. The van der Waals surface area contributed by atoms with Crippen molar-refractivity contribution in [2.75, 3.05) is 13.1 Å². The maximum atomic E-state index is 8.80. The average molecular weight is 209 g/mol. The van der Waals surface area contributed by atoms with Gasteiger partial charge >= 0.3 is 0 Å². The third-order valence-corrected chi connectivity index (χ3v) is 2.97. The Morgan fingerprint density at radius 3 is 2.60 bits per heavy atom. The zero-order valence-corrected chi connectivity index (χ0v) is 10.00. The highest BCUT2D eigenvalue weighted by molar-refractivity contribution is 5.00. The quantitative estimate of drug-likeness (QED) is 0.696. The van der Waals surface area contributed by atoms with Gasteiger partial charge < -0.3 is 10.6 Å². The number of hydrogen-bond acceptors (Lipinski definition) is 3. The fourth-order valence-electron chi connectivity index (χ4n) is 1.91. The van der Waals surface area contributed by atoms with Gasteiger partial charge in [0.1, 0.15) is 5.54 Å². The minimum absolute atomic E-state index is 0.637. The van der Waals surface area contributed by atoms with Crippen LogP contribution in [-0.2, 0) is 0 Å². The number of hydrogen-bond donors (Lipinski definition) is 1. The van der Waals surface area contributed by atoms with E-state index < -0.39 is 5.54 Å². The van der Waals surface area contributed by atoms with Gasteiger partial charge in [0, 0.05) is 6.04 Å². The van der Waals surface area contributed by atoms with Gasteiger partial charge in [-0.1, -0.05) is 6.92 Å². The SMILES string of the molecule is CCCN(CCCC(C)(N)C#N)C1CC1. The number of nitrogens with two attached hydrogens (primary N) is 1. The summed E-state index contributed by atoms with van der Waals surface area (Å²) in [6, 6.07) is 2.98. The lowest BCUT2D eigenvalue weighted by atomic mass is 9.99. The van der Waals surface area contributed by atoms with Crippen molar-refractivity contribution in [3.63, 3.8) is 0 Å². The lowest BCUT2D eigenvalue weighted by Gasteiger charge is -2.23. The predicted octanol–water partition coefficient (Wildman–Crippen LogP) is 1.88. The van der Waals surface area contributed by atoms with E-state index in [9.17, 15) is 0 Å². The molecular formula is C12H23N3. The van der Waals surface area contributed by atoms with Crippen molar-refractivity contribution in [3.8, 4) is 6.07 Å². The molecule has 0 heterocycles. The summed E-state index contributed by atoms with van der Waals surface area (Å²) in [4.78, 5) is 2.55. The fraction of sp³-hybridized carbons (Fsp3) is 0.917. The minimum Gasteiger partial charge on any atom is -0.314 e. The highest BCUT2D eigenvalue weighted by atomic mass is 15.2. The van der Waals surface area contributed by atoms with Crippen LogP contribution in [-0.4, -0.2) is 29.6 Å². The first-order chi connectivity index (χ1) is 7.09.